The first-order valence-corrected chi connectivity index (χ1v) is 57.4. The van der Waals surface area contributed by atoms with Gasteiger partial charge in [0.2, 0.25) is 11.8 Å². The fraction of sp³-hybridized carbons (Fsp3) is 0.814. The van der Waals surface area contributed by atoms with E-state index in [0.29, 0.717) is 120 Å². The minimum absolute atomic E-state index is 0.0772. The molecule has 0 radical (unpaired) electrons. The smallest absolute Gasteiger partial charge is 0.329 e. The molecule has 0 bridgehead atoms. The Balaban J connectivity index is 0.000000338. The van der Waals surface area contributed by atoms with E-state index in [-0.39, 0.29) is 47.7 Å². The molecule has 147 heavy (non-hydrogen) atoms. The molecular formula is C118H216N18O11. The average molecular weight is 2060 g/mol. The van der Waals surface area contributed by atoms with Crippen molar-refractivity contribution >= 4 is 64.4 Å². The van der Waals surface area contributed by atoms with Crippen molar-refractivity contribution in [2.24, 2.45) is 35.0 Å². The number of ketones is 4. The number of amidine groups is 1. The van der Waals surface area contributed by atoms with Crippen LogP contribution in [0.5, 0.6) is 0 Å². The molecule has 29 heteroatoms. The third-order valence-electron chi connectivity index (χ3n) is 32.0. The van der Waals surface area contributed by atoms with Crippen LogP contribution in [0, 0.1) is 40.4 Å². The molecule has 2 aromatic rings. The number of anilines is 1. The van der Waals surface area contributed by atoms with E-state index in [0.717, 1.165) is 233 Å². The average Bonchev–Trinajstić information content (AvgIpc) is 1.64. The molecule has 1 aliphatic carbocycles. The van der Waals surface area contributed by atoms with Gasteiger partial charge in [-0.1, -0.05) is 63.2 Å². The fourth-order valence-corrected chi connectivity index (χ4v) is 22.0. The number of ether oxygens (including phenoxy) is 1. The zero-order valence-corrected chi connectivity index (χ0v) is 99.3. The van der Waals surface area contributed by atoms with Crippen LogP contribution >= 0.6 is 0 Å². The number of nitrogens with zero attached hydrogens (tertiary/aromatic N) is 16. The van der Waals surface area contributed by atoms with Gasteiger partial charge in [0.15, 0.2) is 0 Å². The second kappa shape index (κ2) is 68.3. The minimum atomic E-state index is -0.673. The molecule has 10 fully saturated rings. The maximum atomic E-state index is 12.0. The largest absolute Gasteiger partial charge is 0.480 e. The van der Waals surface area contributed by atoms with Gasteiger partial charge in [0.25, 0.3) is 0 Å². The van der Waals surface area contributed by atoms with E-state index in [1.165, 1.54) is 62.9 Å². The number of carbonyl (C=O) groups excluding carboxylic acids is 8. The number of hydrogen-bond donors (Lipinski definition) is 3. The van der Waals surface area contributed by atoms with E-state index in [9.17, 15) is 43.2 Å². The lowest BCUT2D eigenvalue weighted by atomic mass is 9.76. The number of carboxylic acids is 1. The number of para-hydroxylation sites is 1. The lowest BCUT2D eigenvalue weighted by molar-refractivity contribution is -0.145. The van der Waals surface area contributed by atoms with E-state index in [4.69, 9.17) is 15.3 Å². The fourth-order valence-electron chi connectivity index (χ4n) is 22.0. The molecule has 3 N–H and O–H groups in total. The summed E-state index contributed by atoms with van der Waals surface area (Å²) in [4.78, 5) is 137. The normalized spacial score (nSPS) is 21.4. The summed E-state index contributed by atoms with van der Waals surface area (Å²) in [5.74, 6) is 4.55. The highest BCUT2D eigenvalue weighted by atomic mass is 16.5. The second-order valence-corrected chi connectivity index (χ2v) is 47.2. The highest BCUT2D eigenvalue weighted by Crippen LogP contribution is 2.45. The Morgan fingerprint density at radius 2 is 0.714 bits per heavy atom. The van der Waals surface area contributed by atoms with Crippen molar-refractivity contribution in [3.05, 3.63) is 65.2 Å². The first-order chi connectivity index (χ1) is 69.1. The van der Waals surface area contributed by atoms with E-state index in [1.807, 2.05) is 68.4 Å². The lowest BCUT2D eigenvalue weighted by Gasteiger charge is -2.41. The summed E-state index contributed by atoms with van der Waals surface area (Å²) in [5.41, 5.74) is 6.24. The number of piperidine rings is 4. The molecular weight excluding hydrogens is 1850 g/mol. The van der Waals surface area contributed by atoms with Gasteiger partial charge in [-0.15, -0.1) is 0 Å². The summed E-state index contributed by atoms with van der Waals surface area (Å²) in [6, 6.07) is 22.9. The third kappa shape index (κ3) is 48.5. The molecule has 0 aromatic heterocycles. The van der Waals surface area contributed by atoms with Crippen LogP contribution in [0.2, 0.25) is 0 Å². The van der Waals surface area contributed by atoms with Gasteiger partial charge in [0.1, 0.15) is 35.2 Å². The molecule has 4 amide bonds. The molecule has 844 valence electrons. The van der Waals surface area contributed by atoms with Crippen molar-refractivity contribution in [2.45, 2.75) is 384 Å². The number of rotatable bonds is 21. The highest BCUT2D eigenvalue weighted by Gasteiger charge is 2.42. The van der Waals surface area contributed by atoms with Crippen molar-refractivity contribution in [3.8, 4) is 0 Å². The summed E-state index contributed by atoms with van der Waals surface area (Å²) < 4.78 is 5.16. The number of benzene rings is 2. The van der Waals surface area contributed by atoms with Crippen LogP contribution in [0.15, 0.2) is 48.5 Å². The van der Waals surface area contributed by atoms with Crippen LogP contribution < -0.4 is 10.2 Å². The predicted molar refractivity (Wildman–Crippen MR) is 608 cm³/mol. The molecule has 11 heterocycles. The number of piperazine rings is 5. The molecule has 29 nitrogen and oxygen atoms in total. The van der Waals surface area contributed by atoms with Crippen LogP contribution in [0.4, 0.5) is 10.5 Å². The maximum Gasteiger partial charge on any atom is 0.329 e. The van der Waals surface area contributed by atoms with Crippen molar-refractivity contribution in [3.63, 3.8) is 0 Å². The van der Waals surface area contributed by atoms with Crippen molar-refractivity contribution < 1.29 is 53.0 Å². The number of carboxylic acid groups (broad SMARTS) is 1. The Kier molecular flexibility index (Phi) is 61.5. The third-order valence-corrected chi connectivity index (χ3v) is 32.0. The van der Waals surface area contributed by atoms with Gasteiger partial charge in [0, 0.05) is 242 Å². The minimum Gasteiger partial charge on any atom is -0.480 e. The quantitative estimate of drug-likeness (QED) is 0.0595. The van der Waals surface area contributed by atoms with Gasteiger partial charge in [-0.3, -0.25) is 78.2 Å². The van der Waals surface area contributed by atoms with Crippen LogP contribution in [0.1, 0.15) is 303 Å². The molecule has 1 unspecified atom stereocenters. The summed E-state index contributed by atoms with van der Waals surface area (Å²) >= 11 is 0. The zero-order chi connectivity index (χ0) is 110. The van der Waals surface area contributed by atoms with Crippen molar-refractivity contribution in [1.29, 1.82) is 5.41 Å². The first kappa shape index (κ1) is 132. The SMILES string of the molecule is CC(=N)N1CCN(C(C)C)CC1.CC(=O)C1CCN(C(C)C)CC1.CC(=O)C1CCN(C(C)C)CC1.CC(=O)CN1CCC(C(C)C)CC1.CC(=O)CN1CCN(C(C)C)CC1.CC(=O)N1CCN(C(C)C)CC1.CC(=O)N1CCN(C(C)C)CC1.CC(C)N1CCC2(CC1)Cc1ccccc1C2.CC(C)N1C[C@H](C)C[C@H]1C(=O)O.CC(C)NC(=O)N1CCN(C(C)C)CC1.CCOC(=O)C1Cc2ccccc2N1C(C)C. The van der Waals surface area contributed by atoms with Crippen LogP contribution in [-0.4, -0.2) is 425 Å². The van der Waals surface area contributed by atoms with E-state index >= 15 is 0 Å². The van der Waals surface area contributed by atoms with Crippen LogP contribution in [-0.2, 0) is 62.4 Å². The second-order valence-electron chi connectivity index (χ2n) is 47.2. The monoisotopic (exact) mass is 2060 g/mol. The van der Waals surface area contributed by atoms with Gasteiger partial charge in [-0.2, -0.15) is 0 Å². The number of Topliss-reactive ketones (excluding diaryl/α,β-unsaturated/α-hetero) is 4. The number of hydrogen-bond acceptors (Lipinski definition) is 23. The summed E-state index contributed by atoms with van der Waals surface area (Å²) in [6.45, 7) is 100. The number of amides is 4. The summed E-state index contributed by atoms with van der Waals surface area (Å²) in [5, 5.41) is 19.3. The molecule has 11 aliphatic heterocycles. The first-order valence-electron chi connectivity index (χ1n) is 57.4. The number of aliphatic carboxylic acids is 1. The molecule has 12 aliphatic rings. The Morgan fingerprint density at radius 3 is 1.01 bits per heavy atom. The molecule has 14 rings (SSSR count). The number of likely N-dealkylation sites (tertiary alicyclic amines) is 5. The molecule has 1 spiro atoms. The molecule has 2 aromatic carbocycles. The standard InChI is InChI=1S/C16H23N.C14H19NO2.C11H23N3O.C11H21NO.C10H20N2O.2C10H19NO.C9H19N3.2C9H18N2O.C9H17NO2/c1-13(2)17-9-7-16(8-10-17)11-14-5-3-4-6-15(14)12-16;1-4-17-14(16)13-9-11-7-5-6-8-12(11)15(13)10(2)3;1-9(2)12-11(15)14-7-5-13(6-8-14)10(3)4;1-9(2)11-4-6-12(7-5-11)8-10(3)13;1-9(2)12-6-4-11(5-7-12)8-10(3)13;2*1-8(2)11-6-4-10(5-7-11)9(3)12;1-8(2)11-4-6-12(7-5-11)9(3)10;2*1-8(2)10-4-6-11(7-5-10)9(3)12;1-6(2)10-5-7(3)4-8(10)9(11)12/h3-6,13H,7-12H2,1-2H3;5-8,10,13H,4,9H2,1-3H3;9-10H,5-8H2,1-4H3,(H,12,15);9,11H,4-8H2,1-3H3;9H,4-8H2,1-3H3;3*8,10H,4-7H2,1-3H3;2*8H,4-7H2,1-3H3;6-8H,4-5H2,1-3H3,(H,11,12)/t;;;;;;;;;;7-,8+/m..........1/s1. The number of urea groups is 1. The van der Waals surface area contributed by atoms with Crippen molar-refractivity contribution in [1.82, 2.24) is 78.8 Å². The van der Waals surface area contributed by atoms with Gasteiger partial charge in [0.05, 0.1) is 25.5 Å². The Labute approximate surface area is 895 Å². The zero-order valence-electron chi connectivity index (χ0n) is 99.3. The van der Waals surface area contributed by atoms with E-state index < -0.39 is 5.97 Å². The van der Waals surface area contributed by atoms with Gasteiger partial charge < -0.3 is 54.4 Å². The van der Waals surface area contributed by atoms with E-state index in [1.54, 1.807) is 52.7 Å². The molecule has 3 atom stereocenters. The molecule has 10 saturated heterocycles. The highest BCUT2D eigenvalue weighted by molar-refractivity contribution is 5.84. The predicted octanol–water partition coefficient (Wildman–Crippen LogP) is 16.0. The van der Waals surface area contributed by atoms with Crippen molar-refractivity contribution in [2.75, 3.05) is 214 Å². The number of esters is 1. The topological polar surface area (TPSA) is 271 Å². The Morgan fingerprint density at radius 1 is 0.388 bits per heavy atom. The molecule has 0 saturated carbocycles. The number of nitrogens with one attached hydrogen (secondary N) is 2. The Bertz CT molecular complexity index is 3800. The summed E-state index contributed by atoms with van der Waals surface area (Å²) in [6.07, 6.45) is 13.8. The Hall–Kier alpha value is -6.90. The van der Waals surface area contributed by atoms with Crippen LogP contribution in [0.3, 0.4) is 0 Å². The lowest BCUT2D eigenvalue weighted by Crippen LogP contribution is -2.54. The van der Waals surface area contributed by atoms with Crippen LogP contribution in [0.25, 0.3) is 0 Å². The van der Waals surface area contributed by atoms with E-state index in [2.05, 4.69) is 251 Å². The maximum absolute atomic E-state index is 12.0. The van der Waals surface area contributed by atoms with Gasteiger partial charge in [-0.05, 0) is 363 Å². The number of carbonyl (C=O) groups is 9. The number of fused-ring (bicyclic) bond motifs is 2. The summed E-state index contributed by atoms with van der Waals surface area (Å²) in [7, 11) is 0. The van der Waals surface area contributed by atoms with Gasteiger partial charge in [-0.25, -0.2) is 9.59 Å². The van der Waals surface area contributed by atoms with Gasteiger partial charge >= 0.3 is 18.0 Å².